The lowest BCUT2D eigenvalue weighted by Gasteiger charge is -2.20. The van der Waals surface area contributed by atoms with E-state index >= 15 is 0 Å². The Labute approximate surface area is 310 Å². The van der Waals surface area contributed by atoms with Gasteiger partial charge in [0, 0.05) is 26.9 Å². The average molecular weight is 689 g/mol. The second-order valence-corrected chi connectivity index (χ2v) is 14.6. The molecule has 0 radical (unpaired) electrons. The van der Waals surface area contributed by atoms with Gasteiger partial charge in [0.15, 0.2) is 0 Å². The van der Waals surface area contributed by atoms with Crippen LogP contribution in [0, 0.1) is 0 Å². The van der Waals surface area contributed by atoms with Gasteiger partial charge in [-0.15, -0.1) is 0 Å². The van der Waals surface area contributed by atoms with Crippen molar-refractivity contribution in [2.45, 2.75) is 12.8 Å². The van der Waals surface area contributed by atoms with Gasteiger partial charge < -0.3 is 8.83 Å². The van der Waals surface area contributed by atoms with E-state index in [0.29, 0.717) is 0 Å². The maximum Gasteiger partial charge on any atom is 0.143 e. The van der Waals surface area contributed by atoms with Gasteiger partial charge in [0.2, 0.25) is 0 Å². The van der Waals surface area contributed by atoms with E-state index in [1.807, 2.05) is 12.1 Å². The molecule has 252 valence electrons. The smallest absolute Gasteiger partial charge is 0.143 e. The Morgan fingerprint density at radius 2 is 1.02 bits per heavy atom. The molecule has 0 aliphatic heterocycles. The number of hydrogen-bond acceptors (Lipinski definition) is 2. The minimum Gasteiger partial charge on any atom is -0.456 e. The van der Waals surface area contributed by atoms with Crippen molar-refractivity contribution in [3.8, 4) is 22.3 Å². The van der Waals surface area contributed by atoms with Crippen LogP contribution in [0.2, 0.25) is 0 Å². The Morgan fingerprint density at radius 3 is 1.76 bits per heavy atom. The minimum absolute atomic E-state index is 0.864. The van der Waals surface area contributed by atoms with Crippen molar-refractivity contribution < 1.29 is 8.83 Å². The van der Waals surface area contributed by atoms with Gasteiger partial charge >= 0.3 is 0 Å². The summed E-state index contributed by atoms with van der Waals surface area (Å²) in [5.41, 5.74) is 11.3. The third-order valence-corrected chi connectivity index (χ3v) is 11.7. The molecule has 0 fully saturated rings. The molecule has 2 aromatic heterocycles. The molecule has 0 spiro atoms. The lowest BCUT2D eigenvalue weighted by atomic mass is 9.83. The number of para-hydroxylation sites is 1. The maximum atomic E-state index is 6.57. The summed E-state index contributed by atoms with van der Waals surface area (Å²) in [6.45, 7) is 0. The first-order chi connectivity index (χ1) is 26.8. The lowest BCUT2D eigenvalue weighted by Crippen LogP contribution is -1.94. The summed E-state index contributed by atoms with van der Waals surface area (Å²) in [5.74, 6) is 0. The van der Waals surface area contributed by atoms with E-state index in [0.717, 1.165) is 67.5 Å². The molecular weight excluding hydrogens is 657 g/mol. The zero-order valence-corrected chi connectivity index (χ0v) is 29.4. The quantitative estimate of drug-likeness (QED) is 0.173. The van der Waals surface area contributed by atoms with Gasteiger partial charge in [-0.25, -0.2) is 0 Å². The van der Waals surface area contributed by atoms with Crippen molar-refractivity contribution in [1.29, 1.82) is 0 Å². The summed E-state index contributed by atoms with van der Waals surface area (Å²) in [6.07, 6.45) is 8.90. The predicted octanol–water partition coefficient (Wildman–Crippen LogP) is 15.2. The van der Waals surface area contributed by atoms with Crippen LogP contribution in [0.5, 0.6) is 0 Å². The van der Waals surface area contributed by atoms with Gasteiger partial charge in [0.1, 0.15) is 22.3 Å². The Morgan fingerprint density at radius 1 is 0.389 bits per heavy atom. The Balaban J connectivity index is 1.09. The molecule has 9 aromatic carbocycles. The minimum atomic E-state index is 0.864. The fourth-order valence-corrected chi connectivity index (χ4v) is 9.29. The molecule has 2 nitrogen and oxygen atoms in total. The molecule has 11 aromatic rings. The Bertz CT molecular complexity index is 3380. The first-order valence-electron chi connectivity index (χ1n) is 18.8. The average Bonchev–Trinajstić information content (AvgIpc) is 3.80. The zero-order valence-electron chi connectivity index (χ0n) is 29.4. The van der Waals surface area contributed by atoms with Crippen molar-refractivity contribution in [2.24, 2.45) is 0 Å². The summed E-state index contributed by atoms with van der Waals surface area (Å²) in [5, 5.41) is 14.3. The summed E-state index contributed by atoms with van der Waals surface area (Å²) in [7, 11) is 0. The SMILES string of the molecule is C1=CCCC(c2ccc(-c3c4ccccc4c(-c4ccc5oc6cc7c(ccc8c9ccccc9oc78)cc6c5c4)c4ccccc34)c3ccccc23)=C1. The van der Waals surface area contributed by atoms with E-state index in [1.165, 1.54) is 65.7 Å². The molecule has 0 saturated heterocycles. The normalized spacial score (nSPS) is 13.4. The third-order valence-electron chi connectivity index (χ3n) is 11.7. The van der Waals surface area contributed by atoms with Gasteiger partial charge in [0.25, 0.3) is 0 Å². The first-order valence-corrected chi connectivity index (χ1v) is 18.8. The molecule has 12 rings (SSSR count). The van der Waals surface area contributed by atoms with Gasteiger partial charge in [-0.2, -0.15) is 0 Å². The molecule has 2 heteroatoms. The highest BCUT2D eigenvalue weighted by Gasteiger charge is 2.21. The van der Waals surface area contributed by atoms with Gasteiger partial charge in [0.05, 0.1) is 0 Å². The molecule has 0 saturated carbocycles. The lowest BCUT2D eigenvalue weighted by molar-refractivity contribution is 0.667. The van der Waals surface area contributed by atoms with Crippen LogP contribution in [0.15, 0.2) is 179 Å². The van der Waals surface area contributed by atoms with Crippen molar-refractivity contribution in [1.82, 2.24) is 0 Å². The highest BCUT2D eigenvalue weighted by atomic mass is 16.3. The van der Waals surface area contributed by atoms with Crippen molar-refractivity contribution in [2.75, 3.05) is 0 Å². The topological polar surface area (TPSA) is 26.3 Å². The molecule has 0 N–H and O–H groups in total. The number of benzene rings is 9. The first kappa shape index (κ1) is 29.7. The van der Waals surface area contributed by atoms with Crippen LogP contribution in [-0.4, -0.2) is 0 Å². The largest absolute Gasteiger partial charge is 0.456 e. The molecule has 0 unspecified atom stereocenters. The van der Waals surface area contributed by atoms with E-state index < -0.39 is 0 Å². The van der Waals surface area contributed by atoms with Crippen LogP contribution >= 0.6 is 0 Å². The fourth-order valence-electron chi connectivity index (χ4n) is 9.29. The molecule has 54 heavy (non-hydrogen) atoms. The molecular formula is C52H32O2. The van der Waals surface area contributed by atoms with Gasteiger partial charge in [-0.05, 0) is 120 Å². The van der Waals surface area contributed by atoms with Crippen LogP contribution < -0.4 is 0 Å². The number of fused-ring (bicyclic) bond motifs is 11. The molecule has 1 aliphatic carbocycles. The van der Waals surface area contributed by atoms with Crippen molar-refractivity contribution in [3.05, 3.63) is 175 Å². The number of hydrogen-bond donors (Lipinski definition) is 0. The Kier molecular flexibility index (Phi) is 6.20. The van der Waals surface area contributed by atoms with Gasteiger partial charge in [-0.3, -0.25) is 0 Å². The van der Waals surface area contributed by atoms with Crippen LogP contribution in [0.1, 0.15) is 18.4 Å². The zero-order chi connectivity index (χ0) is 35.3. The second kappa shape index (κ2) is 11.3. The number of rotatable bonds is 3. The van der Waals surface area contributed by atoms with Crippen LogP contribution in [-0.2, 0) is 0 Å². The van der Waals surface area contributed by atoms with Crippen molar-refractivity contribution >= 4 is 92.5 Å². The highest BCUT2D eigenvalue weighted by molar-refractivity contribution is 6.25. The summed E-state index contributed by atoms with van der Waals surface area (Å²) in [4.78, 5) is 0. The van der Waals surface area contributed by atoms with E-state index in [9.17, 15) is 0 Å². The second-order valence-electron chi connectivity index (χ2n) is 14.6. The molecule has 0 atom stereocenters. The van der Waals surface area contributed by atoms with Crippen molar-refractivity contribution in [3.63, 3.8) is 0 Å². The molecule has 1 aliphatic rings. The standard InChI is InChI=1S/C52H32O2/c1-2-12-31(13-3-1)34-25-26-42(36-15-5-4-14-35(34)36)51-40-19-8-6-17-38(40)50(39-18-7-9-20-41(39)51)33-23-27-48-45(29-33)46-28-32-22-24-43-37-16-10-11-21-47(37)54-52(43)44(32)30-49(46)53-48/h1-2,4-12,14-30H,3,13H2. The van der Waals surface area contributed by atoms with E-state index in [1.54, 1.807) is 0 Å². The van der Waals surface area contributed by atoms with Crippen LogP contribution in [0.4, 0.5) is 0 Å². The summed E-state index contributed by atoms with van der Waals surface area (Å²) < 4.78 is 13.0. The maximum absolute atomic E-state index is 6.57. The molecule has 0 amide bonds. The predicted molar refractivity (Wildman–Crippen MR) is 228 cm³/mol. The van der Waals surface area contributed by atoms with Crippen LogP contribution in [0.25, 0.3) is 115 Å². The van der Waals surface area contributed by atoms with Gasteiger partial charge in [-0.1, -0.05) is 133 Å². The highest BCUT2D eigenvalue weighted by Crippen LogP contribution is 2.47. The monoisotopic (exact) mass is 688 g/mol. The summed E-state index contributed by atoms with van der Waals surface area (Å²) >= 11 is 0. The molecule has 2 heterocycles. The van der Waals surface area contributed by atoms with E-state index in [-0.39, 0.29) is 0 Å². The van der Waals surface area contributed by atoms with E-state index in [4.69, 9.17) is 8.83 Å². The summed E-state index contributed by atoms with van der Waals surface area (Å²) in [6, 6.07) is 55.3. The number of furan rings is 2. The third kappa shape index (κ3) is 4.22. The fraction of sp³-hybridized carbons (Fsp3) is 0.0385. The molecule has 0 bridgehead atoms. The van der Waals surface area contributed by atoms with E-state index in [2.05, 4.69) is 158 Å². The Hall–Kier alpha value is -6.90. The van der Waals surface area contributed by atoms with Crippen LogP contribution in [0.3, 0.4) is 0 Å². The number of allylic oxidation sites excluding steroid dienone is 4.